The lowest BCUT2D eigenvalue weighted by atomic mass is 10.0. The van der Waals surface area contributed by atoms with Crippen LogP contribution >= 0.6 is 0 Å². The molecule has 0 fully saturated rings. The second kappa shape index (κ2) is 7.36. The molecule has 0 heterocycles. The Morgan fingerprint density at radius 1 is 0.739 bits per heavy atom. The van der Waals surface area contributed by atoms with Crippen LogP contribution in [0.15, 0.2) is 89.1 Å². The van der Waals surface area contributed by atoms with Gasteiger partial charge in [-0.1, -0.05) is 48.5 Å². The van der Waals surface area contributed by atoms with Gasteiger partial charge in [-0.05, 0) is 42.8 Å². The van der Waals surface area contributed by atoms with Gasteiger partial charge in [-0.3, -0.25) is 0 Å². The van der Waals surface area contributed by atoms with Gasteiger partial charge >= 0.3 is 0 Å². The maximum absolute atomic E-state index is 5.49. The first kappa shape index (κ1) is 15.0. The predicted octanol–water partition coefficient (Wildman–Crippen LogP) is 6.17. The molecule has 114 valence electrons. The van der Waals surface area contributed by atoms with E-state index in [1.807, 2.05) is 79.7 Å². The molecule has 0 N–H and O–H groups in total. The van der Waals surface area contributed by atoms with Gasteiger partial charge in [0.25, 0.3) is 0 Å². The van der Waals surface area contributed by atoms with Crippen LogP contribution in [-0.2, 0) is 0 Å². The number of ether oxygens (including phenoxy) is 1. The fourth-order valence-corrected chi connectivity index (χ4v) is 2.31. The van der Waals surface area contributed by atoms with E-state index in [0.717, 1.165) is 28.3 Å². The first-order chi connectivity index (χ1) is 11.4. The fourth-order valence-electron chi connectivity index (χ4n) is 2.31. The minimum atomic E-state index is 0.668. The lowest BCUT2D eigenvalue weighted by Crippen LogP contribution is -1.90. The summed E-state index contributed by atoms with van der Waals surface area (Å²) in [5.41, 5.74) is 3.83. The summed E-state index contributed by atoms with van der Waals surface area (Å²) in [6.45, 7) is 2.65. The molecule has 0 saturated carbocycles. The van der Waals surface area contributed by atoms with E-state index in [4.69, 9.17) is 4.74 Å². The average Bonchev–Trinajstić information content (AvgIpc) is 2.62. The Kier molecular flexibility index (Phi) is 4.79. The zero-order chi connectivity index (χ0) is 15.9. The Morgan fingerprint density at radius 2 is 1.43 bits per heavy atom. The molecule has 3 heteroatoms. The standard InChI is InChI=1S/C20H18N2O/c1-2-23-18-14-12-16(13-15-18)19-10-6-7-11-20(19)22-21-17-8-4-3-5-9-17/h3-15H,2H2,1H3. The van der Waals surface area contributed by atoms with Crippen LogP contribution in [0.1, 0.15) is 6.92 Å². The van der Waals surface area contributed by atoms with Crippen LogP contribution in [0, 0.1) is 0 Å². The maximum atomic E-state index is 5.49. The molecule has 3 aromatic rings. The predicted molar refractivity (Wildman–Crippen MR) is 93.7 cm³/mol. The highest BCUT2D eigenvalue weighted by Crippen LogP contribution is 2.32. The molecule has 0 bridgehead atoms. The van der Waals surface area contributed by atoms with Crippen molar-refractivity contribution >= 4 is 11.4 Å². The first-order valence-corrected chi connectivity index (χ1v) is 7.66. The van der Waals surface area contributed by atoms with E-state index in [-0.39, 0.29) is 0 Å². The smallest absolute Gasteiger partial charge is 0.119 e. The van der Waals surface area contributed by atoms with Crippen molar-refractivity contribution in [2.24, 2.45) is 10.2 Å². The molecule has 0 atom stereocenters. The van der Waals surface area contributed by atoms with Crippen molar-refractivity contribution in [3.05, 3.63) is 78.9 Å². The second-order valence-corrected chi connectivity index (χ2v) is 5.01. The van der Waals surface area contributed by atoms with Crippen molar-refractivity contribution in [1.29, 1.82) is 0 Å². The number of nitrogens with zero attached hydrogens (tertiary/aromatic N) is 2. The fraction of sp³-hybridized carbons (Fsp3) is 0.100. The number of azo groups is 1. The van der Waals surface area contributed by atoms with Crippen LogP contribution in [0.2, 0.25) is 0 Å². The van der Waals surface area contributed by atoms with E-state index in [1.165, 1.54) is 0 Å². The van der Waals surface area contributed by atoms with Crippen LogP contribution in [-0.4, -0.2) is 6.61 Å². The third kappa shape index (κ3) is 3.83. The van der Waals surface area contributed by atoms with Gasteiger partial charge in [0.15, 0.2) is 0 Å². The highest BCUT2D eigenvalue weighted by Gasteiger charge is 2.04. The monoisotopic (exact) mass is 302 g/mol. The van der Waals surface area contributed by atoms with Crippen LogP contribution < -0.4 is 4.74 Å². The molecule has 3 rings (SSSR count). The number of hydrogen-bond acceptors (Lipinski definition) is 3. The maximum Gasteiger partial charge on any atom is 0.119 e. The highest BCUT2D eigenvalue weighted by molar-refractivity contribution is 5.75. The molecule has 0 aliphatic heterocycles. The molecule has 3 aromatic carbocycles. The summed E-state index contributed by atoms with van der Waals surface area (Å²) in [6.07, 6.45) is 0. The normalized spacial score (nSPS) is 10.8. The molecule has 0 unspecified atom stereocenters. The molecule has 0 aromatic heterocycles. The van der Waals surface area contributed by atoms with Crippen molar-refractivity contribution in [1.82, 2.24) is 0 Å². The van der Waals surface area contributed by atoms with Crippen molar-refractivity contribution in [3.63, 3.8) is 0 Å². The van der Waals surface area contributed by atoms with E-state index < -0.39 is 0 Å². The van der Waals surface area contributed by atoms with Gasteiger partial charge in [-0.15, -0.1) is 5.11 Å². The number of rotatable bonds is 5. The van der Waals surface area contributed by atoms with Gasteiger partial charge in [0.2, 0.25) is 0 Å². The minimum absolute atomic E-state index is 0.668. The third-order valence-corrected chi connectivity index (χ3v) is 3.41. The average molecular weight is 302 g/mol. The zero-order valence-corrected chi connectivity index (χ0v) is 13.0. The highest BCUT2D eigenvalue weighted by atomic mass is 16.5. The Labute approximate surface area is 136 Å². The van der Waals surface area contributed by atoms with Gasteiger partial charge in [0.05, 0.1) is 18.0 Å². The van der Waals surface area contributed by atoms with Gasteiger partial charge in [-0.25, -0.2) is 0 Å². The number of hydrogen-bond donors (Lipinski definition) is 0. The van der Waals surface area contributed by atoms with Crippen LogP contribution in [0.3, 0.4) is 0 Å². The summed E-state index contributed by atoms with van der Waals surface area (Å²) in [6, 6.07) is 25.8. The lowest BCUT2D eigenvalue weighted by molar-refractivity contribution is 0.340. The van der Waals surface area contributed by atoms with Gasteiger partial charge in [0, 0.05) is 5.56 Å². The summed E-state index contributed by atoms with van der Waals surface area (Å²) in [5.74, 6) is 0.875. The summed E-state index contributed by atoms with van der Waals surface area (Å²) in [4.78, 5) is 0. The molecule has 0 amide bonds. The van der Waals surface area contributed by atoms with E-state index in [2.05, 4.69) is 16.3 Å². The molecular weight excluding hydrogens is 284 g/mol. The molecule has 0 radical (unpaired) electrons. The summed E-state index contributed by atoms with van der Waals surface area (Å²) in [7, 11) is 0. The Bertz CT molecular complexity index is 780. The minimum Gasteiger partial charge on any atom is -0.494 e. The first-order valence-electron chi connectivity index (χ1n) is 7.66. The molecule has 3 nitrogen and oxygen atoms in total. The number of benzene rings is 3. The van der Waals surface area contributed by atoms with Crippen LogP contribution in [0.25, 0.3) is 11.1 Å². The Balaban J connectivity index is 1.90. The Hall–Kier alpha value is -2.94. The van der Waals surface area contributed by atoms with Crippen LogP contribution in [0.4, 0.5) is 11.4 Å². The second-order valence-electron chi connectivity index (χ2n) is 5.01. The van der Waals surface area contributed by atoms with Gasteiger partial charge in [0.1, 0.15) is 5.75 Å². The topological polar surface area (TPSA) is 34.0 Å². The van der Waals surface area contributed by atoms with Gasteiger partial charge in [-0.2, -0.15) is 5.11 Å². The molecule has 0 aliphatic carbocycles. The zero-order valence-electron chi connectivity index (χ0n) is 13.0. The summed E-state index contributed by atoms with van der Waals surface area (Å²) in [5, 5.41) is 8.72. The Morgan fingerprint density at radius 3 is 2.17 bits per heavy atom. The van der Waals surface area contributed by atoms with Crippen molar-refractivity contribution in [2.45, 2.75) is 6.92 Å². The molecule has 0 aliphatic rings. The summed E-state index contributed by atoms with van der Waals surface area (Å²) >= 11 is 0. The third-order valence-electron chi connectivity index (χ3n) is 3.41. The van der Waals surface area contributed by atoms with E-state index in [1.54, 1.807) is 0 Å². The van der Waals surface area contributed by atoms with E-state index in [9.17, 15) is 0 Å². The van der Waals surface area contributed by atoms with Crippen molar-refractivity contribution < 1.29 is 4.74 Å². The molecular formula is C20H18N2O. The summed E-state index contributed by atoms with van der Waals surface area (Å²) < 4.78 is 5.49. The van der Waals surface area contributed by atoms with Gasteiger partial charge < -0.3 is 4.74 Å². The van der Waals surface area contributed by atoms with E-state index >= 15 is 0 Å². The van der Waals surface area contributed by atoms with E-state index in [0.29, 0.717) is 6.61 Å². The van der Waals surface area contributed by atoms with Crippen molar-refractivity contribution in [3.8, 4) is 16.9 Å². The van der Waals surface area contributed by atoms with Crippen molar-refractivity contribution in [2.75, 3.05) is 6.61 Å². The molecule has 0 spiro atoms. The quantitative estimate of drug-likeness (QED) is 0.519. The largest absolute Gasteiger partial charge is 0.494 e. The lowest BCUT2D eigenvalue weighted by Gasteiger charge is -2.07. The molecule has 23 heavy (non-hydrogen) atoms. The SMILES string of the molecule is CCOc1ccc(-c2ccccc2N=Nc2ccccc2)cc1. The van der Waals surface area contributed by atoms with Crippen LogP contribution in [0.5, 0.6) is 5.75 Å². The molecule has 0 saturated heterocycles.